The molecule has 4 fully saturated rings. The zero-order valence-electron chi connectivity index (χ0n) is 24.6. The fourth-order valence-electron chi connectivity index (χ4n) is 8.88. The number of hydrogen-bond donors (Lipinski definition) is 3. The minimum absolute atomic E-state index is 0.0405. The smallest absolute Gasteiger partial charge is 0.343 e. The third-order valence-electron chi connectivity index (χ3n) is 10.7. The highest BCUT2D eigenvalue weighted by molar-refractivity contribution is 5.92. The number of rotatable bonds is 5. The lowest BCUT2D eigenvalue weighted by Gasteiger charge is -2.74. The third kappa shape index (κ3) is 3.51. The Morgan fingerprint density at radius 1 is 1.07 bits per heavy atom. The molecule has 0 amide bonds. The van der Waals surface area contributed by atoms with Crippen molar-refractivity contribution >= 4 is 23.9 Å². The van der Waals surface area contributed by atoms with Crippen LogP contribution in [0.3, 0.4) is 0 Å². The van der Waals surface area contributed by atoms with Crippen LogP contribution in [-0.4, -0.2) is 93.6 Å². The highest BCUT2D eigenvalue weighted by atomic mass is 16.6. The molecule has 0 unspecified atom stereocenters. The maximum Gasteiger partial charge on any atom is 0.343 e. The summed E-state index contributed by atoms with van der Waals surface area (Å²) >= 11 is 0. The van der Waals surface area contributed by atoms with Gasteiger partial charge < -0.3 is 39.0 Å². The molecule has 12 heteroatoms. The SMILES string of the molecule is CC(=O)OC[C@@]12[C@H]([C@H](OC(=O)c3ccccc3)[C@]34C[C@H](O)C(C)=C3[C@@]1(O)C(=O)OC4(C)C)[C@]1(OC(C)=O)CO[C@@H]1C[C@@H]2O. The zero-order chi connectivity index (χ0) is 31.3. The van der Waals surface area contributed by atoms with Crippen LogP contribution in [0.1, 0.15) is 57.8 Å². The average Bonchev–Trinajstić information content (AvgIpc) is 3.21. The predicted octanol–water partition coefficient (Wildman–Crippen LogP) is 0.991. The van der Waals surface area contributed by atoms with Gasteiger partial charge in [0.2, 0.25) is 0 Å². The first kappa shape index (κ1) is 29.7. The summed E-state index contributed by atoms with van der Waals surface area (Å²) < 4.78 is 29.7. The van der Waals surface area contributed by atoms with Crippen molar-refractivity contribution < 1.29 is 58.2 Å². The number of cyclic esters (lactones) is 1. The number of aliphatic hydroxyl groups excluding tert-OH is 2. The Bertz CT molecular complexity index is 1440. The number of carbonyl (C=O) groups excluding carboxylic acids is 4. The molecule has 2 heterocycles. The lowest BCUT2D eigenvalue weighted by Crippen LogP contribution is -2.89. The summed E-state index contributed by atoms with van der Waals surface area (Å²) in [5, 5.41) is 36.3. The number of ether oxygens (including phenoxy) is 5. The van der Waals surface area contributed by atoms with Gasteiger partial charge in [-0.25, -0.2) is 9.59 Å². The largest absolute Gasteiger partial charge is 0.465 e. The summed E-state index contributed by atoms with van der Waals surface area (Å²) in [4.78, 5) is 53.0. The Balaban J connectivity index is 1.71. The lowest BCUT2D eigenvalue weighted by molar-refractivity contribution is -0.388. The van der Waals surface area contributed by atoms with Crippen molar-refractivity contribution in [3.63, 3.8) is 0 Å². The molecular formula is C31H36O12. The van der Waals surface area contributed by atoms with Crippen LogP contribution in [-0.2, 0) is 38.1 Å². The number of esters is 4. The number of hydrogen-bond acceptors (Lipinski definition) is 12. The van der Waals surface area contributed by atoms with E-state index in [1.165, 1.54) is 6.92 Å². The molecule has 3 aliphatic carbocycles. The van der Waals surface area contributed by atoms with Gasteiger partial charge in [0.25, 0.3) is 0 Å². The molecule has 12 nitrogen and oxygen atoms in total. The van der Waals surface area contributed by atoms with Crippen LogP contribution in [0.25, 0.3) is 0 Å². The van der Waals surface area contributed by atoms with E-state index in [-0.39, 0.29) is 36.2 Å². The number of aliphatic hydroxyl groups is 3. The minimum Gasteiger partial charge on any atom is -0.465 e. The first-order valence-electron chi connectivity index (χ1n) is 14.3. The molecular weight excluding hydrogens is 564 g/mol. The quantitative estimate of drug-likeness (QED) is 0.249. The van der Waals surface area contributed by atoms with Crippen LogP contribution in [0.15, 0.2) is 41.5 Å². The van der Waals surface area contributed by atoms with Crippen LogP contribution in [0.2, 0.25) is 0 Å². The van der Waals surface area contributed by atoms with E-state index in [0.29, 0.717) is 0 Å². The van der Waals surface area contributed by atoms with E-state index in [1.807, 2.05) is 0 Å². The molecule has 2 aliphatic heterocycles. The van der Waals surface area contributed by atoms with Gasteiger partial charge in [-0.3, -0.25) is 9.59 Å². The Morgan fingerprint density at radius 3 is 2.33 bits per heavy atom. The normalized spacial score (nSPS) is 42.0. The molecule has 2 saturated heterocycles. The first-order valence-corrected chi connectivity index (χ1v) is 14.3. The van der Waals surface area contributed by atoms with Gasteiger partial charge in [-0.05, 0) is 50.5 Å². The fourth-order valence-corrected chi connectivity index (χ4v) is 8.88. The van der Waals surface area contributed by atoms with E-state index in [0.717, 1.165) is 6.92 Å². The van der Waals surface area contributed by atoms with Crippen LogP contribution >= 0.6 is 0 Å². The van der Waals surface area contributed by atoms with Gasteiger partial charge in [-0.15, -0.1) is 0 Å². The Morgan fingerprint density at radius 2 is 1.74 bits per heavy atom. The van der Waals surface area contributed by atoms with Crippen molar-refractivity contribution in [3.8, 4) is 0 Å². The summed E-state index contributed by atoms with van der Waals surface area (Å²) in [5.41, 5.74) is -9.03. The maximum absolute atomic E-state index is 14.2. The molecule has 9 atom stereocenters. The molecule has 3 N–H and O–H groups in total. The molecule has 0 spiro atoms. The number of carbonyl (C=O) groups is 4. The third-order valence-corrected chi connectivity index (χ3v) is 10.7. The molecule has 0 aromatic heterocycles. The zero-order valence-corrected chi connectivity index (χ0v) is 24.6. The van der Waals surface area contributed by atoms with E-state index in [9.17, 15) is 34.5 Å². The van der Waals surface area contributed by atoms with Crippen LogP contribution in [0.4, 0.5) is 0 Å². The summed E-state index contributed by atoms with van der Waals surface area (Å²) in [5.74, 6) is -4.74. The topological polar surface area (TPSA) is 175 Å². The Hall–Kier alpha value is -3.32. The second-order valence-corrected chi connectivity index (χ2v) is 12.9. The highest BCUT2D eigenvalue weighted by Crippen LogP contribution is 2.75. The molecule has 43 heavy (non-hydrogen) atoms. The van der Waals surface area contributed by atoms with E-state index < -0.39 is 88.5 Å². The number of fused-ring (bicyclic) bond motifs is 4. The van der Waals surface area contributed by atoms with Crippen LogP contribution in [0, 0.1) is 16.7 Å². The molecule has 232 valence electrons. The summed E-state index contributed by atoms with van der Waals surface area (Å²) in [6.07, 6.45) is -5.44. The molecule has 1 aromatic rings. The van der Waals surface area contributed by atoms with Crippen LogP contribution in [0.5, 0.6) is 0 Å². The van der Waals surface area contributed by atoms with Gasteiger partial charge in [0.1, 0.15) is 24.4 Å². The van der Waals surface area contributed by atoms with Crippen molar-refractivity contribution in [1.82, 2.24) is 0 Å². The van der Waals surface area contributed by atoms with Crippen molar-refractivity contribution in [1.29, 1.82) is 0 Å². The average molecular weight is 601 g/mol. The lowest BCUT2D eigenvalue weighted by atomic mass is 9.37. The summed E-state index contributed by atoms with van der Waals surface area (Å²) in [6.45, 7) is 6.15. The van der Waals surface area contributed by atoms with Gasteiger partial charge in [0.05, 0.1) is 41.1 Å². The van der Waals surface area contributed by atoms with Crippen LogP contribution < -0.4 is 0 Å². The molecule has 2 saturated carbocycles. The second kappa shape index (κ2) is 9.34. The minimum atomic E-state index is -2.69. The highest BCUT2D eigenvalue weighted by Gasteiger charge is 2.89. The molecule has 6 rings (SSSR count). The van der Waals surface area contributed by atoms with Gasteiger partial charge in [0, 0.05) is 20.3 Å². The molecule has 0 radical (unpaired) electrons. The van der Waals surface area contributed by atoms with Gasteiger partial charge in [0.15, 0.2) is 11.2 Å². The molecule has 2 bridgehead atoms. The number of benzene rings is 1. The first-order chi connectivity index (χ1) is 20.1. The fraction of sp³-hybridized carbons (Fsp3) is 0.613. The van der Waals surface area contributed by atoms with Crippen molar-refractivity contribution in [2.75, 3.05) is 13.2 Å². The maximum atomic E-state index is 14.2. The van der Waals surface area contributed by atoms with Gasteiger partial charge >= 0.3 is 23.9 Å². The van der Waals surface area contributed by atoms with Crippen molar-refractivity contribution in [2.24, 2.45) is 16.7 Å². The predicted molar refractivity (Wildman–Crippen MR) is 144 cm³/mol. The van der Waals surface area contributed by atoms with Gasteiger partial charge in [-0.2, -0.15) is 0 Å². The standard InChI is InChI=1S/C31H36O12/c1-15-19(34)12-28-22(15)31(38,26(37)43-27(28,4)5)29(13-39-16(2)32)20(35)11-21-30(14-40-21,42-17(3)33)23(29)24(28)41-25(36)18-9-7-6-8-10-18/h6-10,19-21,23-24,34-35,38H,11-14H2,1-5H3/t19-,20-,21+,23-,24-,28-,29+,30-,31+/m0/s1. The summed E-state index contributed by atoms with van der Waals surface area (Å²) in [7, 11) is 0. The second-order valence-electron chi connectivity index (χ2n) is 12.9. The van der Waals surface area contributed by atoms with Crippen molar-refractivity contribution in [3.05, 3.63) is 47.0 Å². The monoisotopic (exact) mass is 600 g/mol. The Labute approximate surface area is 247 Å². The van der Waals surface area contributed by atoms with Gasteiger partial charge in [-0.1, -0.05) is 18.2 Å². The van der Waals surface area contributed by atoms with E-state index in [2.05, 4.69) is 0 Å². The van der Waals surface area contributed by atoms with E-state index in [1.54, 1.807) is 51.1 Å². The molecule has 1 aromatic carbocycles. The van der Waals surface area contributed by atoms with E-state index in [4.69, 9.17) is 23.7 Å². The summed E-state index contributed by atoms with van der Waals surface area (Å²) in [6, 6.07) is 8.14. The van der Waals surface area contributed by atoms with E-state index >= 15 is 0 Å². The Kier molecular flexibility index (Phi) is 6.46. The molecule has 5 aliphatic rings. The van der Waals surface area contributed by atoms with Crippen molar-refractivity contribution in [2.45, 2.75) is 88.7 Å².